The number of aryl methyl sites for hydroxylation is 3. The van der Waals surface area contributed by atoms with Crippen molar-refractivity contribution >= 4 is 23.7 Å². The number of aromatic hydroxyl groups is 4. The number of aliphatic carboxylic acids is 1. The van der Waals surface area contributed by atoms with E-state index in [4.69, 9.17) is 30.3 Å². The molecule has 0 saturated heterocycles. The number of carboxylic acid groups (broad SMARTS) is 1. The van der Waals surface area contributed by atoms with Gasteiger partial charge >= 0.3 is 5.97 Å². The molecule has 0 aliphatic rings. The Morgan fingerprint density at radius 1 is 0.471 bits per heavy atom. The Kier molecular flexibility index (Phi) is 19.1. The van der Waals surface area contributed by atoms with E-state index in [0.717, 1.165) is 39.9 Å². The molecule has 10 N–H and O–H groups in total. The summed E-state index contributed by atoms with van der Waals surface area (Å²) in [5.41, 5.74) is 12.9. The summed E-state index contributed by atoms with van der Waals surface area (Å²) in [6.45, 7) is 6.31. The monoisotopic (exact) mass is 950 g/mol. The molecule has 0 aromatic heterocycles. The fraction of sp³-hybridized carbons (Fsp3) is 0.148. The summed E-state index contributed by atoms with van der Waals surface area (Å²) in [5.74, 6) is 3.25. The topological polar surface area (TPSA) is 259 Å². The SMILES string of the molecule is Cc1cc(CC(=O)NNC(=O)c2c(C)cc(O)cc2O)cc(OCc2ccccc2)c1.Cc1cc(O)cc(O)c1C(=O)NN.O=C(O)Cc1cc(OCc2ccccc2)cc(OCc2ccccc2)c1. The van der Waals surface area contributed by atoms with Crippen LogP contribution in [0.1, 0.15) is 65.2 Å². The van der Waals surface area contributed by atoms with Gasteiger partial charge in [0.25, 0.3) is 11.8 Å². The molecule has 0 heterocycles. The van der Waals surface area contributed by atoms with E-state index in [1.807, 2.05) is 115 Å². The average Bonchev–Trinajstić information content (AvgIpc) is 3.31. The van der Waals surface area contributed by atoms with Gasteiger partial charge in [-0.3, -0.25) is 35.5 Å². The molecule has 362 valence electrons. The lowest BCUT2D eigenvalue weighted by atomic mass is 10.1. The van der Waals surface area contributed by atoms with Crippen molar-refractivity contribution in [2.75, 3.05) is 0 Å². The van der Waals surface area contributed by atoms with Crippen molar-refractivity contribution in [1.29, 1.82) is 0 Å². The molecule has 0 bridgehead atoms. The van der Waals surface area contributed by atoms with Crippen LogP contribution in [0.5, 0.6) is 40.2 Å². The molecule has 0 spiro atoms. The van der Waals surface area contributed by atoms with Crippen LogP contribution in [0.4, 0.5) is 0 Å². The smallest absolute Gasteiger partial charge is 0.307 e. The van der Waals surface area contributed by atoms with Gasteiger partial charge in [-0.15, -0.1) is 0 Å². The molecule has 7 aromatic rings. The van der Waals surface area contributed by atoms with E-state index < -0.39 is 23.7 Å². The van der Waals surface area contributed by atoms with Crippen molar-refractivity contribution in [3.8, 4) is 40.2 Å². The van der Waals surface area contributed by atoms with Crippen LogP contribution >= 0.6 is 0 Å². The molecule has 7 aromatic carbocycles. The van der Waals surface area contributed by atoms with Crippen LogP contribution in [-0.4, -0.2) is 49.2 Å². The molecule has 0 unspecified atom stereocenters. The highest BCUT2D eigenvalue weighted by molar-refractivity contribution is 5.99. The molecule has 0 aliphatic heterocycles. The van der Waals surface area contributed by atoms with E-state index in [1.54, 1.807) is 38.1 Å². The number of hydrogen-bond donors (Lipinski definition) is 9. The van der Waals surface area contributed by atoms with Crippen LogP contribution in [0.2, 0.25) is 0 Å². The lowest BCUT2D eigenvalue weighted by molar-refractivity contribution is -0.136. The first-order valence-electron chi connectivity index (χ1n) is 21.7. The second-order valence-corrected chi connectivity index (χ2v) is 15.8. The number of benzene rings is 7. The number of rotatable bonds is 15. The van der Waals surface area contributed by atoms with Gasteiger partial charge in [0.15, 0.2) is 0 Å². The van der Waals surface area contributed by atoms with Gasteiger partial charge < -0.3 is 39.7 Å². The molecule has 16 heteroatoms. The number of phenolic OH excluding ortho intramolecular Hbond substituents is 4. The van der Waals surface area contributed by atoms with E-state index in [0.29, 0.717) is 53.8 Å². The first-order chi connectivity index (χ1) is 33.6. The van der Waals surface area contributed by atoms with E-state index in [1.165, 1.54) is 12.1 Å². The minimum atomic E-state index is -0.890. The maximum atomic E-state index is 12.3. The van der Waals surface area contributed by atoms with Gasteiger partial charge in [0.05, 0.1) is 24.0 Å². The zero-order valence-electron chi connectivity index (χ0n) is 38.6. The standard InChI is InChI=1S/C24H24N2O5.C22H20O4.C8H10N2O3/c1-15-8-18(11-20(9-15)31-14-17-6-4-3-5-7-17)12-22(29)25-26-24(30)23-16(2)10-19(27)13-21(23)28;23-22(24)13-19-11-20(25-15-17-7-3-1-4-8-17)14-21(12-19)26-16-18-9-5-2-6-10-18;1-4-2-5(11)3-6(12)7(4)8(13)10-9/h3-11,13,27-28H,12,14H2,1-2H3,(H,25,29)(H,26,30);1-12,14H,13,15-16H2,(H,23,24);2-3,11-12H,9H2,1H3,(H,10,13). The van der Waals surface area contributed by atoms with E-state index >= 15 is 0 Å². The van der Waals surface area contributed by atoms with E-state index in [-0.39, 0.29) is 47.0 Å². The normalized spacial score (nSPS) is 10.2. The summed E-state index contributed by atoms with van der Waals surface area (Å²) >= 11 is 0. The number of nitrogen functional groups attached to an aromatic ring is 1. The molecule has 0 atom stereocenters. The number of hydrogen-bond acceptors (Lipinski definition) is 12. The van der Waals surface area contributed by atoms with Crippen LogP contribution in [0.15, 0.2) is 152 Å². The Morgan fingerprint density at radius 2 is 0.871 bits per heavy atom. The number of hydrazine groups is 2. The molecule has 0 radical (unpaired) electrons. The highest BCUT2D eigenvalue weighted by atomic mass is 16.5. The minimum absolute atomic E-state index is 0.0229. The van der Waals surface area contributed by atoms with Crippen molar-refractivity contribution < 1.29 is 58.9 Å². The summed E-state index contributed by atoms with van der Waals surface area (Å²) in [5, 5.41) is 46.8. The van der Waals surface area contributed by atoms with Crippen LogP contribution in [-0.2, 0) is 42.3 Å². The second kappa shape index (κ2) is 25.8. The van der Waals surface area contributed by atoms with Crippen molar-refractivity contribution in [3.05, 3.63) is 207 Å². The van der Waals surface area contributed by atoms with Gasteiger partial charge in [0.1, 0.15) is 60.1 Å². The summed E-state index contributed by atoms with van der Waals surface area (Å²) in [7, 11) is 0. The Hall–Kier alpha value is -9.02. The van der Waals surface area contributed by atoms with Crippen LogP contribution in [0.3, 0.4) is 0 Å². The van der Waals surface area contributed by atoms with Gasteiger partial charge in [-0.25, -0.2) is 5.84 Å². The third kappa shape index (κ3) is 16.7. The van der Waals surface area contributed by atoms with Gasteiger partial charge in [-0.2, -0.15) is 0 Å². The van der Waals surface area contributed by atoms with Crippen LogP contribution in [0, 0.1) is 20.8 Å². The molecular formula is C54H54N4O12. The number of nitrogens with two attached hydrogens (primary N) is 1. The number of carbonyl (C=O) groups excluding carboxylic acids is 3. The third-order valence-corrected chi connectivity index (χ3v) is 10.0. The Balaban J connectivity index is 0.000000211. The number of carbonyl (C=O) groups is 4. The Labute approximate surface area is 404 Å². The first-order valence-corrected chi connectivity index (χ1v) is 21.7. The third-order valence-electron chi connectivity index (χ3n) is 10.0. The summed E-state index contributed by atoms with van der Waals surface area (Å²) in [6.07, 6.45) is -0.0472. The lowest BCUT2D eigenvalue weighted by Crippen LogP contribution is -2.42. The Bertz CT molecular complexity index is 2770. The van der Waals surface area contributed by atoms with E-state index in [9.17, 15) is 34.5 Å². The number of amides is 3. The fourth-order valence-corrected chi connectivity index (χ4v) is 6.89. The Morgan fingerprint density at radius 3 is 1.27 bits per heavy atom. The average molecular weight is 951 g/mol. The van der Waals surface area contributed by atoms with Gasteiger partial charge in [-0.05, 0) is 102 Å². The maximum absolute atomic E-state index is 12.3. The highest BCUT2D eigenvalue weighted by Crippen LogP contribution is 2.28. The van der Waals surface area contributed by atoms with E-state index in [2.05, 4.69) is 10.9 Å². The summed E-state index contributed by atoms with van der Waals surface area (Å²) < 4.78 is 17.5. The zero-order valence-corrected chi connectivity index (χ0v) is 38.6. The van der Waals surface area contributed by atoms with Crippen LogP contribution in [0.25, 0.3) is 0 Å². The molecule has 7 rings (SSSR count). The first kappa shape index (κ1) is 52.0. The molecule has 0 saturated carbocycles. The second-order valence-electron chi connectivity index (χ2n) is 15.8. The van der Waals surface area contributed by atoms with Crippen molar-refractivity contribution in [1.82, 2.24) is 16.3 Å². The van der Waals surface area contributed by atoms with Crippen molar-refractivity contribution in [2.45, 2.75) is 53.4 Å². The molecule has 3 amide bonds. The number of phenols is 4. The molecular weight excluding hydrogens is 897 g/mol. The van der Waals surface area contributed by atoms with Gasteiger partial charge in [0, 0.05) is 18.2 Å². The molecule has 0 fully saturated rings. The summed E-state index contributed by atoms with van der Waals surface area (Å²) in [6, 6.07) is 45.1. The van der Waals surface area contributed by atoms with Crippen LogP contribution < -0.4 is 36.3 Å². The largest absolute Gasteiger partial charge is 0.508 e. The molecule has 16 nitrogen and oxygen atoms in total. The van der Waals surface area contributed by atoms with Gasteiger partial charge in [0.2, 0.25) is 5.91 Å². The predicted molar refractivity (Wildman–Crippen MR) is 261 cm³/mol. The number of ether oxygens (including phenoxy) is 3. The zero-order chi connectivity index (χ0) is 50.6. The lowest BCUT2D eigenvalue weighted by Gasteiger charge is -2.12. The number of carboxylic acids is 1. The highest BCUT2D eigenvalue weighted by Gasteiger charge is 2.17. The predicted octanol–water partition coefficient (Wildman–Crippen LogP) is 7.78. The molecule has 0 aliphatic carbocycles. The van der Waals surface area contributed by atoms with Crippen molar-refractivity contribution in [2.24, 2.45) is 5.84 Å². The summed E-state index contributed by atoms with van der Waals surface area (Å²) in [4.78, 5) is 46.8. The fourth-order valence-electron chi connectivity index (χ4n) is 6.89. The maximum Gasteiger partial charge on any atom is 0.307 e. The quantitative estimate of drug-likeness (QED) is 0.0271. The minimum Gasteiger partial charge on any atom is -0.508 e. The van der Waals surface area contributed by atoms with Crippen molar-refractivity contribution in [3.63, 3.8) is 0 Å². The number of nitrogens with one attached hydrogen (secondary N) is 3. The van der Waals surface area contributed by atoms with Gasteiger partial charge in [-0.1, -0.05) is 97.1 Å². The molecule has 70 heavy (non-hydrogen) atoms.